The number of nitrogens with one attached hydrogen (secondary N) is 1. The Hall–Kier alpha value is -2.25. The number of nitrogen functional groups attached to an aromatic ring is 1. The van der Waals surface area contributed by atoms with E-state index < -0.39 is 29.7 Å². The molecule has 1 fully saturated rings. The van der Waals surface area contributed by atoms with Gasteiger partial charge in [-0.05, 0) is 30.9 Å². The van der Waals surface area contributed by atoms with Gasteiger partial charge in [-0.2, -0.15) is 9.97 Å². The van der Waals surface area contributed by atoms with Crippen LogP contribution in [0, 0.1) is 0 Å². The minimum atomic E-state index is -3.00. The van der Waals surface area contributed by atoms with Crippen molar-refractivity contribution in [2.24, 2.45) is 0 Å². The van der Waals surface area contributed by atoms with Gasteiger partial charge in [0, 0.05) is 6.54 Å². The fourth-order valence-corrected chi connectivity index (χ4v) is 5.28. The normalized spacial score (nSPS) is 26.3. The van der Waals surface area contributed by atoms with Gasteiger partial charge in [0.1, 0.15) is 23.6 Å². The number of anilines is 2. The van der Waals surface area contributed by atoms with E-state index in [1.807, 2.05) is 6.07 Å². The molecule has 1 aliphatic rings. The van der Waals surface area contributed by atoms with Gasteiger partial charge in [0.25, 0.3) is 5.69 Å². The average molecular weight is 525 g/mol. The predicted octanol–water partition coefficient (Wildman–Crippen LogP) is 2.27. The molecule has 14 heteroatoms. The van der Waals surface area contributed by atoms with Gasteiger partial charge < -0.3 is 35.0 Å². The van der Waals surface area contributed by atoms with Gasteiger partial charge in [-0.1, -0.05) is 36.5 Å². The minimum Gasteiger partial charge on any atom is -0.436 e. The molecule has 5 N–H and O–H groups in total. The molecule has 182 valence electrons. The quantitative estimate of drug-likeness (QED) is 0.159. The highest BCUT2D eigenvalue weighted by atomic mass is 32.9. The highest BCUT2D eigenvalue weighted by Gasteiger charge is 2.54. The van der Waals surface area contributed by atoms with E-state index in [-0.39, 0.29) is 12.6 Å². The highest BCUT2D eigenvalue weighted by Crippen LogP contribution is 2.54. The largest absolute Gasteiger partial charge is 0.436 e. The summed E-state index contributed by atoms with van der Waals surface area (Å²) in [7, 11) is 0. The molecule has 1 unspecified atom stereocenters. The number of aromatic nitrogens is 4. The third-order valence-corrected chi connectivity index (χ3v) is 7.27. The van der Waals surface area contributed by atoms with Crippen LogP contribution in [0.2, 0.25) is 0 Å². The SMILES string of the molecule is C=CCNc1nc(N)nc2c1ncn2[C@@H]1O[C@H](COP(=S)(S)Oc2ccccc2)[C@@H](O)[C@@]1(C)O. The average Bonchev–Trinajstić information content (AvgIpc) is 3.29. The minimum absolute atomic E-state index is 0.00714. The molecule has 5 atom stereocenters. The highest BCUT2D eigenvalue weighted by molar-refractivity contribution is 8.60. The first kappa shape index (κ1) is 24.9. The Morgan fingerprint density at radius 1 is 1.41 bits per heavy atom. The Morgan fingerprint density at radius 2 is 2.15 bits per heavy atom. The van der Waals surface area contributed by atoms with E-state index in [9.17, 15) is 10.2 Å². The molecule has 34 heavy (non-hydrogen) atoms. The van der Waals surface area contributed by atoms with E-state index in [0.29, 0.717) is 29.3 Å². The van der Waals surface area contributed by atoms with E-state index in [1.54, 1.807) is 30.3 Å². The monoisotopic (exact) mass is 524 g/mol. The summed E-state index contributed by atoms with van der Waals surface area (Å²) in [4.78, 5) is 12.8. The molecule has 2 aromatic heterocycles. The van der Waals surface area contributed by atoms with Crippen molar-refractivity contribution in [1.82, 2.24) is 19.5 Å². The van der Waals surface area contributed by atoms with Crippen molar-refractivity contribution in [2.75, 3.05) is 24.2 Å². The van der Waals surface area contributed by atoms with Gasteiger partial charge in [-0.25, -0.2) is 4.98 Å². The number of benzene rings is 1. The number of thiol groups is 1. The Kier molecular flexibility index (Phi) is 7.15. The number of aliphatic hydroxyl groups excluding tert-OH is 1. The number of ether oxygens (including phenoxy) is 1. The van der Waals surface area contributed by atoms with Gasteiger partial charge >= 0.3 is 0 Å². The zero-order valence-corrected chi connectivity index (χ0v) is 20.8. The molecule has 0 bridgehead atoms. The molecule has 1 aromatic carbocycles. The van der Waals surface area contributed by atoms with Crippen LogP contribution in [0.3, 0.4) is 0 Å². The van der Waals surface area contributed by atoms with Crippen molar-refractivity contribution in [3.8, 4) is 5.75 Å². The Bertz CT molecular complexity index is 1230. The van der Waals surface area contributed by atoms with Crippen LogP contribution in [0.15, 0.2) is 49.3 Å². The van der Waals surface area contributed by atoms with Crippen molar-refractivity contribution >= 4 is 52.7 Å². The zero-order valence-electron chi connectivity index (χ0n) is 18.2. The Labute approximate surface area is 206 Å². The summed E-state index contributed by atoms with van der Waals surface area (Å²) in [5.74, 6) is 0.933. The number of nitrogens with two attached hydrogens (primary N) is 1. The molecule has 3 heterocycles. The van der Waals surface area contributed by atoms with Crippen LogP contribution in [0.1, 0.15) is 13.2 Å². The Balaban J connectivity index is 1.54. The first-order chi connectivity index (χ1) is 16.1. The third-order valence-electron chi connectivity index (χ3n) is 5.23. The molecule has 0 amide bonds. The standard InChI is InChI=1S/C20H25N6O5PS2/c1-3-9-22-16-14-17(25-19(21)24-16)26(11-23-14)18-20(2,28)15(27)13(30-18)10-29-32(33,34)31-12-7-5-4-6-8-12/h3-8,11,13,15,18,27-28H,1,9-10H2,2H3,(H,33,34)(H3,21,22,24,25)/t13-,15-,18-,20-/m1/s1. The first-order valence-corrected chi connectivity index (χ1v) is 14.0. The van der Waals surface area contributed by atoms with E-state index in [1.165, 1.54) is 17.8 Å². The maximum atomic E-state index is 11.1. The van der Waals surface area contributed by atoms with E-state index in [4.69, 9.17) is 31.3 Å². The zero-order chi connectivity index (χ0) is 24.5. The van der Waals surface area contributed by atoms with Crippen LogP contribution in [0.4, 0.5) is 11.8 Å². The van der Waals surface area contributed by atoms with Crippen molar-refractivity contribution in [3.63, 3.8) is 0 Å². The molecule has 4 rings (SSSR count). The summed E-state index contributed by atoms with van der Waals surface area (Å²) < 4.78 is 18.9. The smallest absolute Gasteiger partial charge is 0.294 e. The Morgan fingerprint density at radius 3 is 2.85 bits per heavy atom. The second-order valence-electron chi connectivity index (χ2n) is 7.79. The maximum Gasteiger partial charge on any atom is 0.294 e. The molecule has 1 aliphatic heterocycles. The summed E-state index contributed by atoms with van der Waals surface area (Å²) in [5, 5.41) is 25.0. The van der Waals surface area contributed by atoms with Crippen molar-refractivity contribution < 1.29 is 24.0 Å². The lowest BCUT2D eigenvalue weighted by molar-refractivity contribution is -0.0947. The number of aliphatic hydroxyl groups is 2. The van der Waals surface area contributed by atoms with Gasteiger partial charge in [-0.15, -0.1) is 6.58 Å². The van der Waals surface area contributed by atoms with Crippen molar-refractivity contribution in [2.45, 2.75) is 31.0 Å². The number of fused-ring (bicyclic) bond motifs is 1. The molecule has 0 spiro atoms. The lowest BCUT2D eigenvalue weighted by Crippen LogP contribution is -2.44. The molecule has 0 saturated carbocycles. The number of imidazole rings is 1. The third kappa shape index (κ3) is 5.05. The molecule has 3 aromatic rings. The number of para-hydroxylation sites is 1. The van der Waals surface area contributed by atoms with Crippen LogP contribution in [-0.2, 0) is 21.1 Å². The molecule has 0 radical (unpaired) electrons. The van der Waals surface area contributed by atoms with Crippen LogP contribution < -0.4 is 15.6 Å². The van der Waals surface area contributed by atoms with Gasteiger partial charge in [-0.3, -0.25) is 4.57 Å². The summed E-state index contributed by atoms with van der Waals surface area (Å²) in [6.45, 7) is 5.40. The fraction of sp³-hybridized carbons (Fsp3) is 0.350. The second kappa shape index (κ2) is 9.78. The molecule has 1 saturated heterocycles. The van der Waals surface area contributed by atoms with E-state index in [0.717, 1.165) is 0 Å². The fourth-order valence-electron chi connectivity index (χ4n) is 3.58. The molecule has 11 nitrogen and oxygen atoms in total. The number of hydrogen-bond donors (Lipinski definition) is 5. The van der Waals surface area contributed by atoms with E-state index in [2.05, 4.69) is 39.1 Å². The summed E-state index contributed by atoms with van der Waals surface area (Å²) >= 11 is 9.71. The summed E-state index contributed by atoms with van der Waals surface area (Å²) in [6.07, 6.45) is -0.182. The van der Waals surface area contributed by atoms with Gasteiger partial charge in [0.2, 0.25) is 5.95 Å². The van der Waals surface area contributed by atoms with Crippen molar-refractivity contribution in [1.29, 1.82) is 0 Å². The second-order valence-corrected chi connectivity index (χ2v) is 13.0. The van der Waals surface area contributed by atoms with Crippen LogP contribution in [0.5, 0.6) is 5.75 Å². The molecule has 0 aliphatic carbocycles. The van der Waals surface area contributed by atoms with Crippen LogP contribution >= 0.6 is 17.9 Å². The van der Waals surface area contributed by atoms with Gasteiger partial charge in [0.05, 0.1) is 12.9 Å². The number of rotatable bonds is 9. The lowest BCUT2D eigenvalue weighted by atomic mass is 9.96. The van der Waals surface area contributed by atoms with Crippen LogP contribution in [0.25, 0.3) is 11.2 Å². The number of nitrogens with zero attached hydrogens (tertiary/aromatic N) is 4. The summed E-state index contributed by atoms with van der Waals surface area (Å²) in [5.41, 5.74) is 1.91. The lowest BCUT2D eigenvalue weighted by Gasteiger charge is -2.27. The molecular weight excluding hydrogens is 499 g/mol. The summed E-state index contributed by atoms with van der Waals surface area (Å²) in [6, 6.07) is 8.91. The van der Waals surface area contributed by atoms with Crippen LogP contribution in [-0.4, -0.2) is 60.7 Å². The van der Waals surface area contributed by atoms with Crippen molar-refractivity contribution in [3.05, 3.63) is 49.3 Å². The molecular formula is C20H25N6O5PS2. The van der Waals surface area contributed by atoms with Gasteiger partial charge in [0.15, 0.2) is 23.2 Å². The predicted molar refractivity (Wildman–Crippen MR) is 135 cm³/mol. The first-order valence-electron chi connectivity index (χ1n) is 10.2. The van der Waals surface area contributed by atoms with E-state index >= 15 is 0 Å². The topological polar surface area (TPSA) is 150 Å². The maximum absolute atomic E-state index is 11.1. The number of hydrogen-bond acceptors (Lipinski definition) is 11.